The average molecular weight is 906 g/mol. The van der Waals surface area contributed by atoms with Gasteiger partial charge in [0, 0.05) is 46.0 Å². The van der Waals surface area contributed by atoms with E-state index in [0.29, 0.717) is 11.1 Å². The SMILES string of the molecule is CCCCN(CCCC)c1ccc(C2=C(O)C(/C=C3/N(CCOC(=O)CCC(=O)Oc4ccc5c(=C(C#N)C#N)c6cc([O-])ccc6c(=C(C#N)C#N)c5c4)c4ccccc4C3(C)C)C2=O)cc1. The number of anilines is 2. The molecule has 342 valence electrons. The number of nitriles is 4. The van der Waals surface area contributed by atoms with Gasteiger partial charge in [-0.15, -0.1) is 5.75 Å². The molecule has 1 aliphatic carbocycles. The molecule has 1 N–H and O–H groups in total. The Morgan fingerprint density at radius 2 is 1.38 bits per heavy atom. The molecule has 5 aromatic rings. The highest BCUT2D eigenvalue weighted by Crippen LogP contribution is 2.49. The average Bonchev–Trinajstić information content (AvgIpc) is 3.55. The topological polar surface area (TPSA) is 215 Å². The van der Waals surface area contributed by atoms with Gasteiger partial charge in [0.15, 0.2) is 5.78 Å². The van der Waals surface area contributed by atoms with Crippen LogP contribution in [-0.4, -0.2) is 49.1 Å². The van der Waals surface area contributed by atoms with E-state index in [1.165, 1.54) is 36.4 Å². The molecule has 1 aliphatic heterocycles. The van der Waals surface area contributed by atoms with Gasteiger partial charge in [-0.25, -0.2) is 0 Å². The van der Waals surface area contributed by atoms with Crippen molar-refractivity contribution in [3.8, 4) is 35.8 Å². The van der Waals surface area contributed by atoms with E-state index < -0.39 is 29.0 Å². The molecule has 1 atom stereocenters. The maximum Gasteiger partial charge on any atom is 0.311 e. The van der Waals surface area contributed by atoms with Crippen LogP contribution in [0.25, 0.3) is 38.3 Å². The van der Waals surface area contributed by atoms with E-state index in [1.54, 1.807) is 6.08 Å². The number of unbranched alkanes of at least 4 members (excludes halogenated alkanes) is 2. The van der Waals surface area contributed by atoms with Gasteiger partial charge in [0.1, 0.15) is 59.5 Å². The highest BCUT2D eigenvalue weighted by molar-refractivity contribution is 6.30. The van der Waals surface area contributed by atoms with Crippen LogP contribution in [-0.2, 0) is 24.5 Å². The molecule has 13 nitrogen and oxygen atoms in total. The number of nitrogens with zero attached hydrogens (tertiary/aromatic N) is 6. The summed E-state index contributed by atoms with van der Waals surface area (Å²) >= 11 is 0. The summed E-state index contributed by atoms with van der Waals surface area (Å²) in [6, 6.07) is 31.2. The molecule has 7 rings (SSSR count). The van der Waals surface area contributed by atoms with Crippen molar-refractivity contribution in [3.05, 3.63) is 124 Å². The maximum absolute atomic E-state index is 13.8. The summed E-state index contributed by atoms with van der Waals surface area (Å²) in [4.78, 5) is 44.3. The number of hydrogen-bond donors (Lipinski definition) is 1. The number of aliphatic hydroxyl groups is 1. The zero-order valence-corrected chi connectivity index (χ0v) is 38.4. The Morgan fingerprint density at radius 1 is 0.794 bits per heavy atom. The number of fused-ring (bicyclic) bond motifs is 3. The lowest BCUT2D eigenvalue weighted by molar-refractivity contribution is -0.268. The molecular weight excluding hydrogens is 857 g/mol. The number of rotatable bonds is 16. The Labute approximate surface area is 394 Å². The number of carbonyl (C=O) groups excluding carboxylic acids is 3. The normalized spacial score (nSPS) is 15.2. The van der Waals surface area contributed by atoms with Gasteiger partial charge < -0.3 is 29.5 Å². The number of ketones is 1. The third-order valence-electron chi connectivity index (χ3n) is 12.6. The highest BCUT2D eigenvalue weighted by atomic mass is 16.5. The molecule has 0 radical (unpaired) electrons. The second kappa shape index (κ2) is 20.4. The maximum atomic E-state index is 13.8. The summed E-state index contributed by atoms with van der Waals surface area (Å²) in [6.07, 6.45) is 5.50. The van der Waals surface area contributed by atoms with E-state index in [-0.39, 0.29) is 86.4 Å². The Hall–Kier alpha value is -8.39. The number of benzene rings is 5. The van der Waals surface area contributed by atoms with Gasteiger partial charge in [-0.1, -0.05) is 89.1 Å². The lowest BCUT2D eigenvalue weighted by Crippen LogP contribution is -2.34. The van der Waals surface area contributed by atoms with Crippen LogP contribution in [0, 0.1) is 51.2 Å². The van der Waals surface area contributed by atoms with Crippen LogP contribution in [0.1, 0.15) is 77.3 Å². The van der Waals surface area contributed by atoms with Gasteiger partial charge in [0.05, 0.1) is 25.0 Å². The van der Waals surface area contributed by atoms with Gasteiger partial charge in [-0.05, 0) is 88.0 Å². The molecule has 2 aliphatic rings. The van der Waals surface area contributed by atoms with Gasteiger partial charge in [-0.3, -0.25) is 14.4 Å². The number of esters is 2. The summed E-state index contributed by atoms with van der Waals surface area (Å²) in [5, 5.41) is 64.5. The van der Waals surface area contributed by atoms with Crippen molar-refractivity contribution in [1.82, 2.24) is 0 Å². The van der Waals surface area contributed by atoms with Crippen molar-refractivity contribution in [1.29, 1.82) is 21.0 Å². The van der Waals surface area contributed by atoms with Crippen molar-refractivity contribution < 1.29 is 34.1 Å². The number of Topliss-reactive ketones (excluding diaryl/α,β-unsaturated/α-hetero) is 1. The van der Waals surface area contributed by atoms with Crippen molar-refractivity contribution in [2.75, 3.05) is 36.0 Å². The van der Waals surface area contributed by atoms with Gasteiger partial charge in [-0.2, -0.15) is 21.0 Å². The lowest BCUT2D eigenvalue weighted by atomic mass is 9.75. The van der Waals surface area contributed by atoms with E-state index in [2.05, 4.69) is 18.7 Å². The van der Waals surface area contributed by atoms with Crippen LogP contribution in [0.2, 0.25) is 0 Å². The molecule has 0 spiro atoms. The number of aliphatic hydroxyl groups excluding tert-OH is 1. The Bertz CT molecular complexity index is 3190. The quantitative estimate of drug-likeness (QED) is 0.0566. The first kappa shape index (κ1) is 47.6. The third kappa shape index (κ3) is 9.21. The smallest absolute Gasteiger partial charge is 0.311 e. The number of carbonyl (C=O) groups is 3. The molecule has 1 heterocycles. The molecule has 0 amide bonds. The predicted molar refractivity (Wildman–Crippen MR) is 257 cm³/mol. The van der Waals surface area contributed by atoms with Crippen LogP contribution in [0.15, 0.2) is 102 Å². The molecule has 0 bridgehead atoms. The second-order valence-corrected chi connectivity index (χ2v) is 17.2. The Balaban J connectivity index is 1.04. The lowest BCUT2D eigenvalue weighted by Gasteiger charge is -2.32. The minimum absolute atomic E-state index is 0.00555. The molecule has 68 heavy (non-hydrogen) atoms. The summed E-state index contributed by atoms with van der Waals surface area (Å²) in [7, 11) is 0. The standard InChI is InChI=1S/C55H50N6O7/c1-5-7-23-60(24-8-6-2)37-15-13-34(14-16-37)52-53(65)44(54(52)66)29-47-55(3,4)45-11-9-10-12-46(45)61(47)25-26-67-48(63)21-22-49(64)68-39-18-20-41-43(28-39)51(36(32-58)33-59)40-19-17-38(62)27-42(40)50(41)35(30-56)31-57/h9-20,27-29,44,62,65H,5-8,21-26H2,1-4H3/p-1/b47-29+. The van der Waals surface area contributed by atoms with Crippen LogP contribution in [0.5, 0.6) is 11.5 Å². The van der Waals surface area contributed by atoms with Gasteiger partial charge in [0.2, 0.25) is 0 Å². The minimum Gasteiger partial charge on any atom is -0.872 e. The number of allylic oxidation sites excluding steroid dienone is 3. The molecule has 0 fully saturated rings. The van der Waals surface area contributed by atoms with E-state index >= 15 is 0 Å². The van der Waals surface area contributed by atoms with E-state index in [0.717, 1.165) is 61.4 Å². The first-order chi connectivity index (χ1) is 32.8. The molecule has 13 heteroatoms. The number of ether oxygens (including phenoxy) is 2. The highest BCUT2D eigenvalue weighted by Gasteiger charge is 2.45. The molecular formula is C55H49N6O7-. The minimum atomic E-state index is -0.846. The van der Waals surface area contributed by atoms with Gasteiger partial charge >= 0.3 is 11.9 Å². The predicted octanol–water partition coefficient (Wildman–Crippen LogP) is 7.95. The summed E-state index contributed by atoms with van der Waals surface area (Å²) < 4.78 is 11.2. The second-order valence-electron chi connectivity index (χ2n) is 17.2. The monoisotopic (exact) mass is 905 g/mol. The van der Waals surface area contributed by atoms with E-state index in [9.17, 15) is 45.6 Å². The van der Waals surface area contributed by atoms with Gasteiger partial charge in [0.25, 0.3) is 0 Å². The molecule has 5 aromatic carbocycles. The first-order valence-corrected chi connectivity index (χ1v) is 22.7. The van der Waals surface area contributed by atoms with Crippen LogP contribution in [0.3, 0.4) is 0 Å². The fraction of sp³-hybridized carbons (Fsp3) is 0.291. The van der Waals surface area contributed by atoms with Crippen molar-refractivity contribution in [2.24, 2.45) is 5.92 Å². The van der Waals surface area contributed by atoms with E-state index in [4.69, 9.17) is 9.47 Å². The summed E-state index contributed by atoms with van der Waals surface area (Å²) in [5.74, 6) is -2.86. The van der Waals surface area contributed by atoms with Crippen LogP contribution >= 0.6 is 0 Å². The zero-order valence-electron chi connectivity index (χ0n) is 38.4. The first-order valence-electron chi connectivity index (χ1n) is 22.7. The molecule has 0 saturated heterocycles. The van der Waals surface area contributed by atoms with Crippen molar-refractivity contribution in [2.45, 2.75) is 71.6 Å². The fourth-order valence-corrected chi connectivity index (χ4v) is 9.15. The summed E-state index contributed by atoms with van der Waals surface area (Å²) in [6.45, 7) is 10.5. The number of hydrogen-bond acceptors (Lipinski definition) is 13. The van der Waals surface area contributed by atoms with Crippen LogP contribution < -0.4 is 30.1 Å². The molecule has 0 saturated carbocycles. The third-order valence-corrected chi connectivity index (χ3v) is 12.6. The summed E-state index contributed by atoms with van der Waals surface area (Å²) in [5.41, 5.74) is 3.56. The molecule has 0 aromatic heterocycles. The Morgan fingerprint density at radius 3 is 1.99 bits per heavy atom. The van der Waals surface area contributed by atoms with E-state index in [1.807, 2.05) is 91.6 Å². The van der Waals surface area contributed by atoms with Crippen molar-refractivity contribution >= 4 is 67.4 Å². The zero-order chi connectivity index (χ0) is 48.7. The van der Waals surface area contributed by atoms with Crippen LogP contribution in [0.4, 0.5) is 11.4 Å². The Kier molecular flexibility index (Phi) is 14.3. The number of para-hydroxylation sites is 1. The fourth-order valence-electron chi connectivity index (χ4n) is 9.15. The van der Waals surface area contributed by atoms with Crippen molar-refractivity contribution in [3.63, 3.8) is 0 Å². The molecule has 1 unspecified atom stereocenters. The largest absolute Gasteiger partial charge is 0.872 e.